The number of ether oxygens (including phenoxy) is 3. The Bertz CT molecular complexity index is 1980. The fraction of sp³-hybridized carbons (Fsp3) is 0.615. The summed E-state index contributed by atoms with van der Waals surface area (Å²) >= 11 is 0. The summed E-state index contributed by atoms with van der Waals surface area (Å²) < 4.78 is 86.3. The first-order valence-electron chi connectivity index (χ1n) is 19.3. The minimum atomic E-state index is -3.98. The lowest BCUT2D eigenvalue weighted by Crippen LogP contribution is -2.59. The molecule has 3 aliphatic rings. The smallest absolute Gasteiger partial charge is 0.408 e. The Morgan fingerprint density at radius 3 is 2.51 bits per heavy atom. The van der Waals surface area contributed by atoms with Crippen LogP contribution in [0.4, 0.5) is 18.0 Å². The topological polar surface area (TPSA) is 182 Å². The number of pyridine rings is 1. The molecule has 4 amide bonds. The predicted molar refractivity (Wildman–Crippen MR) is 203 cm³/mol. The Labute approximate surface area is 330 Å². The molecule has 2 aliphatic carbocycles. The number of carbonyl (C=O) groups is 4. The van der Waals surface area contributed by atoms with Gasteiger partial charge in [-0.25, -0.2) is 31.4 Å². The van der Waals surface area contributed by atoms with Crippen LogP contribution in [0.1, 0.15) is 86.0 Å². The van der Waals surface area contributed by atoms with Crippen LogP contribution >= 0.6 is 0 Å². The molecule has 1 aromatic heterocycles. The van der Waals surface area contributed by atoms with Gasteiger partial charge < -0.3 is 29.7 Å². The average molecular weight is 824 g/mol. The number of alkyl halides is 2. The number of aromatic nitrogens is 1. The summed E-state index contributed by atoms with van der Waals surface area (Å²) in [6, 6.07) is 1.61. The number of benzene rings is 1. The molecule has 3 N–H and O–H groups in total. The molecule has 18 heteroatoms. The highest BCUT2D eigenvalue weighted by atomic mass is 32.2. The average Bonchev–Trinajstić information content (AvgIpc) is 4.08. The van der Waals surface area contributed by atoms with Crippen LogP contribution in [0, 0.1) is 17.7 Å². The first-order chi connectivity index (χ1) is 26.9. The molecule has 2 saturated carbocycles. The Morgan fingerprint density at radius 2 is 1.88 bits per heavy atom. The maximum Gasteiger partial charge on any atom is 0.408 e. The summed E-state index contributed by atoms with van der Waals surface area (Å²) in [5.41, 5.74) is -3.81. The van der Waals surface area contributed by atoms with Gasteiger partial charge in [0.05, 0.1) is 18.9 Å². The summed E-state index contributed by atoms with van der Waals surface area (Å²) in [7, 11) is -2.65. The van der Waals surface area contributed by atoms with Crippen LogP contribution in [-0.2, 0) is 29.1 Å². The second kappa shape index (κ2) is 17.5. The zero-order valence-corrected chi connectivity index (χ0v) is 33.8. The molecule has 5 rings (SSSR count). The molecule has 2 aromatic rings. The molecule has 0 radical (unpaired) electrons. The molecule has 3 fully saturated rings. The Hall–Kier alpha value is -4.61. The summed E-state index contributed by atoms with van der Waals surface area (Å²) in [6.45, 7) is 7.34. The van der Waals surface area contributed by atoms with E-state index in [0.717, 1.165) is 20.3 Å². The van der Waals surface area contributed by atoms with E-state index >= 15 is 0 Å². The van der Waals surface area contributed by atoms with E-state index in [0.29, 0.717) is 37.5 Å². The van der Waals surface area contributed by atoms with E-state index in [4.69, 9.17) is 14.2 Å². The van der Waals surface area contributed by atoms with Gasteiger partial charge in [0.25, 0.3) is 12.3 Å². The number of methoxy groups -OCH3 is 1. The molecule has 1 aromatic carbocycles. The first-order valence-corrected chi connectivity index (χ1v) is 20.8. The van der Waals surface area contributed by atoms with Crippen molar-refractivity contribution in [2.45, 2.75) is 127 Å². The zero-order valence-electron chi connectivity index (χ0n) is 33.0. The van der Waals surface area contributed by atoms with Crippen molar-refractivity contribution >= 4 is 44.6 Å². The number of rotatable bonds is 18. The van der Waals surface area contributed by atoms with Gasteiger partial charge in [0.2, 0.25) is 27.7 Å². The normalized spacial score (nSPS) is 23.3. The van der Waals surface area contributed by atoms with Gasteiger partial charge in [0.15, 0.2) is 17.2 Å². The number of halogens is 3. The number of unbranched alkanes of at least 4 members (excludes halogenated alkanes) is 1. The first kappa shape index (κ1) is 43.5. The number of amides is 4. The van der Waals surface area contributed by atoms with E-state index in [1.165, 1.54) is 30.3 Å². The van der Waals surface area contributed by atoms with Crippen molar-refractivity contribution < 1.29 is 55.0 Å². The summed E-state index contributed by atoms with van der Waals surface area (Å²) in [6.07, 6.45) is 2.97. The molecule has 57 heavy (non-hydrogen) atoms. The summed E-state index contributed by atoms with van der Waals surface area (Å²) in [5.74, 6) is -4.21. The van der Waals surface area contributed by atoms with Crippen molar-refractivity contribution in [3.63, 3.8) is 0 Å². The fourth-order valence-electron chi connectivity index (χ4n) is 6.96. The van der Waals surface area contributed by atoms with Crippen LogP contribution in [0.25, 0.3) is 10.8 Å². The number of nitrogens with one attached hydrogen (secondary N) is 3. The summed E-state index contributed by atoms with van der Waals surface area (Å²) in [4.78, 5) is 61.3. The highest BCUT2D eigenvalue weighted by molar-refractivity contribution is 7.91. The van der Waals surface area contributed by atoms with E-state index < -0.39 is 92.5 Å². The highest BCUT2D eigenvalue weighted by Gasteiger charge is 2.62. The molecular weight excluding hydrogens is 772 g/mol. The lowest BCUT2D eigenvalue weighted by molar-refractivity contribution is -0.142. The number of hydrogen-bond acceptors (Lipinski definition) is 10. The van der Waals surface area contributed by atoms with Crippen molar-refractivity contribution in [2.24, 2.45) is 11.8 Å². The van der Waals surface area contributed by atoms with Crippen molar-refractivity contribution in [1.29, 1.82) is 0 Å². The fourth-order valence-corrected chi connectivity index (χ4v) is 8.32. The number of hydrogen-bond donors (Lipinski definition) is 3. The van der Waals surface area contributed by atoms with E-state index in [-0.39, 0.29) is 36.4 Å². The van der Waals surface area contributed by atoms with E-state index in [1.807, 2.05) is 13.8 Å². The van der Waals surface area contributed by atoms with Crippen LogP contribution < -0.4 is 24.8 Å². The Kier molecular flexibility index (Phi) is 13.3. The van der Waals surface area contributed by atoms with Crippen LogP contribution in [0.15, 0.2) is 36.5 Å². The van der Waals surface area contributed by atoms with Crippen molar-refractivity contribution in [2.75, 3.05) is 13.7 Å². The molecule has 1 aliphatic heterocycles. The van der Waals surface area contributed by atoms with Crippen molar-refractivity contribution in [3.05, 3.63) is 42.4 Å². The molecule has 0 bridgehead atoms. The Morgan fingerprint density at radius 1 is 1.16 bits per heavy atom. The maximum absolute atomic E-state index is 14.9. The zero-order chi connectivity index (χ0) is 41.9. The van der Waals surface area contributed by atoms with Crippen LogP contribution in [0.5, 0.6) is 11.6 Å². The van der Waals surface area contributed by atoms with Gasteiger partial charge in [-0.2, -0.15) is 0 Å². The third-order valence-corrected chi connectivity index (χ3v) is 12.5. The second-order valence-electron chi connectivity index (χ2n) is 15.6. The minimum Gasteiger partial charge on any atom is -0.494 e. The van der Waals surface area contributed by atoms with E-state index in [9.17, 15) is 40.8 Å². The van der Waals surface area contributed by atoms with Crippen LogP contribution in [0.2, 0.25) is 0 Å². The van der Waals surface area contributed by atoms with Gasteiger partial charge in [-0.1, -0.05) is 45.8 Å². The van der Waals surface area contributed by atoms with Gasteiger partial charge in [-0.15, -0.1) is 0 Å². The van der Waals surface area contributed by atoms with Gasteiger partial charge in [0.1, 0.15) is 23.7 Å². The number of alkyl carbamates (subject to hydrolysis) is 1. The molecule has 6 unspecified atom stereocenters. The standard InChI is InChI=1S/C39H52F3N5O9S/c1-7-9-11-22(3)31(44-37(51)56-38(4,5)35(41)42)34(49)47-21-25(55-33-27-19-28(40)30(54-6)17-23(27)15-16-43-33)18-29(47)32(48)45-39(20-24(39)12-10-8-2)36(50)46-57(52,53)26-13-14-26/h10,12,15-17,19,22,24-26,29,31,35H,7-9,11,13-14,18,20-21H2,1-6H3,(H,44,51)(H,45,48)(H,46,50). The molecule has 14 nitrogen and oxygen atoms in total. The minimum absolute atomic E-state index is 0.00407. The molecule has 0 spiro atoms. The van der Waals surface area contributed by atoms with Gasteiger partial charge >= 0.3 is 6.09 Å². The van der Waals surface area contributed by atoms with Gasteiger partial charge in [0, 0.05) is 23.9 Å². The Balaban J connectivity index is 1.48. The molecule has 1 saturated heterocycles. The molecular formula is C39H52F3N5O9S. The second-order valence-corrected chi connectivity index (χ2v) is 17.6. The SMILES string of the molecule is CCC=CC1CC1(NC(=O)C1CC(Oc2nccc3cc(OC)c(F)cc23)CN1C(=O)C(NC(=O)OC(C)(C)C(F)F)C(C)CCCC)C(=O)NS(=O)(=O)C1CC1. The lowest BCUT2D eigenvalue weighted by atomic mass is 9.94. The summed E-state index contributed by atoms with van der Waals surface area (Å²) in [5, 5.41) is 5.35. The van der Waals surface area contributed by atoms with Gasteiger partial charge in [-0.05, 0) is 75.5 Å². The van der Waals surface area contributed by atoms with E-state index in [2.05, 4.69) is 20.3 Å². The largest absolute Gasteiger partial charge is 0.494 e. The molecule has 6 atom stereocenters. The lowest BCUT2D eigenvalue weighted by Gasteiger charge is -2.33. The molecule has 314 valence electrons. The van der Waals surface area contributed by atoms with Crippen LogP contribution in [0.3, 0.4) is 0 Å². The highest BCUT2D eigenvalue weighted by Crippen LogP contribution is 2.46. The third-order valence-electron chi connectivity index (χ3n) is 10.7. The van der Waals surface area contributed by atoms with E-state index in [1.54, 1.807) is 25.1 Å². The predicted octanol–water partition coefficient (Wildman–Crippen LogP) is 5.15. The van der Waals surface area contributed by atoms with Crippen molar-refractivity contribution in [1.82, 2.24) is 25.2 Å². The number of allylic oxidation sites excluding steroid dienone is 1. The molecule has 2 heterocycles. The van der Waals surface area contributed by atoms with Gasteiger partial charge in [-0.3, -0.25) is 19.1 Å². The monoisotopic (exact) mass is 823 g/mol. The number of likely N-dealkylation sites (tertiary alicyclic amines) is 1. The third kappa shape index (κ3) is 9.92. The van der Waals surface area contributed by atoms with Crippen LogP contribution in [-0.4, -0.2) is 96.8 Å². The number of sulfonamides is 1. The quantitative estimate of drug-likeness (QED) is 0.170. The number of fused-ring (bicyclic) bond motifs is 1. The number of nitrogens with zero attached hydrogens (tertiary/aromatic N) is 2. The number of carbonyl (C=O) groups excluding carboxylic acids is 4. The van der Waals surface area contributed by atoms with Crippen molar-refractivity contribution in [3.8, 4) is 11.6 Å². The maximum atomic E-state index is 14.9.